The predicted molar refractivity (Wildman–Crippen MR) is 62.8 cm³/mol. The van der Waals surface area contributed by atoms with Crippen LogP contribution in [0.2, 0.25) is 0 Å². The zero-order chi connectivity index (χ0) is 11.8. The molecule has 0 heterocycles. The molecule has 2 rings (SSSR count). The first-order valence-electron chi connectivity index (χ1n) is 5.75. The number of hydrogen-bond donors (Lipinski definition) is 1. The Bertz CT molecular complexity index is 441. The highest BCUT2D eigenvalue weighted by molar-refractivity contribution is 5.35. The van der Waals surface area contributed by atoms with E-state index in [-0.39, 0.29) is 0 Å². The van der Waals surface area contributed by atoms with Crippen molar-refractivity contribution in [1.82, 2.24) is 0 Å². The summed E-state index contributed by atoms with van der Waals surface area (Å²) in [5, 5.41) is 19.6. The van der Waals surface area contributed by atoms with Crippen LogP contribution in [0.1, 0.15) is 42.1 Å². The van der Waals surface area contributed by atoms with Gasteiger partial charge in [-0.2, -0.15) is 5.26 Å². The van der Waals surface area contributed by atoms with Crippen molar-refractivity contribution in [3.8, 4) is 6.07 Å². The lowest BCUT2D eigenvalue weighted by atomic mass is 9.64. The Hall–Kier alpha value is -1.33. The second-order valence-corrected chi connectivity index (χ2v) is 4.88. The minimum Gasteiger partial charge on any atom is -0.387 e. The summed E-state index contributed by atoms with van der Waals surface area (Å²) in [6.07, 6.45) is 2.05. The van der Waals surface area contributed by atoms with Gasteiger partial charge in [0.05, 0.1) is 17.6 Å². The van der Waals surface area contributed by atoms with Crippen LogP contribution < -0.4 is 0 Å². The van der Waals surface area contributed by atoms with Gasteiger partial charge in [-0.25, -0.2) is 0 Å². The standard InChI is InChI=1S/C14H17NO/c1-10-4-5-11(2)12(8-10)13(16)14(9-15)6-3-7-14/h4-5,8,13,16H,3,6-7H2,1-2H3. The minimum absolute atomic E-state index is 0.529. The van der Waals surface area contributed by atoms with Gasteiger partial charge in [-0.05, 0) is 37.8 Å². The molecule has 0 aromatic heterocycles. The van der Waals surface area contributed by atoms with Crippen LogP contribution >= 0.6 is 0 Å². The average molecular weight is 215 g/mol. The number of aliphatic hydroxyl groups is 1. The molecule has 1 aliphatic rings. The number of benzene rings is 1. The zero-order valence-electron chi connectivity index (χ0n) is 9.83. The van der Waals surface area contributed by atoms with E-state index in [1.165, 1.54) is 0 Å². The van der Waals surface area contributed by atoms with Gasteiger partial charge < -0.3 is 5.11 Å². The Kier molecular flexibility index (Phi) is 2.73. The van der Waals surface area contributed by atoms with Crippen molar-refractivity contribution >= 4 is 0 Å². The second-order valence-electron chi connectivity index (χ2n) is 4.88. The van der Waals surface area contributed by atoms with Crippen LogP contribution in [0.25, 0.3) is 0 Å². The number of nitrogens with zero attached hydrogens (tertiary/aromatic N) is 1. The van der Waals surface area contributed by atoms with E-state index >= 15 is 0 Å². The van der Waals surface area contributed by atoms with Crippen LogP contribution in [0.3, 0.4) is 0 Å². The van der Waals surface area contributed by atoms with E-state index in [9.17, 15) is 10.4 Å². The molecule has 0 spiro atoms. The molecule has 0 aliphatic heterocycles. The molecule has 1 N–H and O–H groups in total. The first-order valence-corrected chi connectivity index (χ1v) is 5.75. The molecule has 1 aromatic carbocycles. The molecule has 1 fully saturated rings. The summed E-state index contributed by atoms with van der Waals surface area (Å²) < 4.78 is 0. The van der Waals surface area contributed by atoms with Gasteiger partial charge in [-0.1, -0.05) is 30.2 Å². The van der Waals surface area contributed by atoms with Crippen LogP contribution in [0.4, 0.5) is 0 Å². The van der Waals surface area contributed by atoms with E-state index in [0.29, 0.717) is 0 Å². The summed E-state index contributed by atoms with van der Waals surface area (Å²) in [5.74, 6) is 0. The van der Waals surface area contributed by atoms with Gasteiger partial charge in [0.15, 0.2) is 0 Å². The molecule has 1 atom stereocenters. The smallest absolute Gasteiger partial charge is 0.0978 e. The third-order valence-electron chi connectivity index (χ3n) is 3.72. The molecule has 0 amide bonds. The molecule has 2 heteroatoms. The minimum atomic E-state index is -0.633. The molecule has 2 nitrogen and oxygen atoms in total. The van der Waals surface area contributed by atoms with E-state index in [4.69, 9.17) is 0 Å². The molecule has 1 aromatic rings. The molecular formula is C14H17NO. The number of nitriles is 1. The first kappa shape index (κ1) is 11.2. The van der Waals surface area contributed by atoms with Crippen LogP contribution in [0.15, 0.2) is 18.2 Å². The summed E-state index contributed by atoms with van der Waals surface area (Å²) in [7, 11) is 0. The van der Waals surface area contributed by atoms with E-state index < -0.39 is 11.5 Å². The highest BCUT2D eigenvalue weighted by Crippen LogP contribution is 2.50. The third-order valence-corrected chi connectivity index (χ3v) is 3.72. The topological polar surface area (TPSA) is 44.0 Å². The highest BCUT2D eigenvalue weighted by atomic mass is 16.3. The van der Waals surface area contributed by atoms with Gasteiger partial charge >= 0.3 is 0 Å². The zero-order valence-corrected chi connectivity index (χ0v) is 9.83. The van der Waals surface area contributed by atoms with Gasteiger partial charge in [-0.3, -0.25) is 0 Å². The maximum absolute atomic E-state index is 10.4. The average Bonchev–Trinajstić information content (AvgIpc) is 2.21. The lowest BCUT2D eigenvalue weighted by Crippen LogP contribution is -2.34. The predicted octanol–water partition coefficient (Wildman–Crippen LogP) is 3.03. The largest absolute Gasteiger partial charge is 0.387 e. The molecule has 0 radical (unpaired) electrons. The highest BCUT2D eigenvalue weighted by Gasteiger charge is 2.45. The van der Waals surface area contributed by atoms with Crippen LogP contribution in [-0.4, -0.2) is 5.11 Å². The monoisotopic (exact) mass is 215 g/mol. The molecule has 84 valence electrons. The fraction of sp³-hybridized carbons (Fsp3) is 0.500. The molecule has 1 saturated carbocycles. The van der Waals surface area contributed by atoms with Crippen molar-refractivity contribution in [2.45, 2.75) is 39.2 Å². The maximum atomic E-state index is 10.4. The summed E-state index contributed by atoms with van der Waals surface area (Å²) >= 11 is 0. The van der Waals surface area contributed by atoms with E-state index in [0.717, 1.165) is 36.0 Å². The third kappa shape index (κ3) is 1.62. The van der Waals surface area contributed by atoms with Crippen LogP contribution in [0.5, 0.6) is 0 Å². The van der Waals surface area contributed by atoms with Crippen molar-refractivity contribution in [3.05, 3.63) is 34.9 Å². The molecule has 16 heavy (non-hydrogen) atoms. The number of aryl methyl sites for hydroxylation is 2. The SMILES string of the molecule is Cc1ccc(C)c(C(O)C2(C#N)CCC2)c1. The van der Waals surface area contributed by atoms with Crippen LogP contribution in [0, 0.1) is 30.6 Å². The van der Waals surface area contributed by atoms with Crippen molar-refractivity contribution in [2.24, 2.45) is 5.41 Å². The molecule has 0 saturated heterocycles. The number of hydrogen-bond acceptors (Lipinski definition) is 2. The number of aliphatic hydroxyl groups excluding tert-OH is 1. The maximum Gasteiger partial charge on any atom is 0.0978 e. The Morgan fingerprint density at radius 3 is 2.56 bits per heavy atom. The van der Waals surface area contributed by atoms with Crippen LogP contribution in [-0.2, 0) is 0 Å². The van der Waals surface area contributed by atoms with E-state index in [2.05, 4.69) is 6.07 Å². The van der Waals surface area contributed by atoms with E-state index in [1.807, 2.05) is 32.0 Å². The molecular weight excluding hydrogens is 198 g/mol. The Balaban J connectivity index is 2.37. The van der Waals surface area contributed by atoms with Crippen molar-refractivity contribution in [2.75, 3.05) is 0 Å². The summed E-state index contributed by atoms with van der Waals surface area (Å²) in [5.41, 5.74) is 2.59. The van der Waals surface area contributed by atoms with Gasteiger partial charge in [0, 0.05) is 0 Å². The Labute approximate surface area is 96.5 Å². The number of rotatable bonds is 2. The normalized spacial score (nSPS) is 19.6. The van der Waals surface area contributed by atoms with Gasteiger partial charge in [0.25, 0.3) is 0 Å². The van der Waals surface area contributed by atoms with Gasteiger partial charge in [-0.15, -0.1) is 0 Å². The van der Waals surface area contributed by atoms with Crippen molar-refractivity contribution in [3.63, 3.8) is 0 Å². The summed E-state index contributed by atoms with van der Waals surface area (Å²) in [6, 6.07) is 8.35. The molecule has 1 unspecified atom stereocenters. The first-order chi connectivity index (χ1) is 7.59. The van der Waals surface area contributed by atoms with Gasteiger partial charge in [0.1, 0.15) is 0 Å². The molecule has 0 bridgehead atoms. The van der Waals surface area contributed by atoms with Crippen molar-refractivity contribution in [1.29, 1.82) is 5.26 Å². The quantitative estimate of drug-likeness (QED) is 0.824. The second kappa shape index (κ2) is 3.92. The lowest BCUT2D eigenvalue weighted by Gasteiger charge is -2.40. The van der Waals surface area contributed by atoms with Gasteiger partial charge in [0.2, 0.25) is 0 Å². The van der Waals surface area contributed by atoms with Crippen molar-refractivity contribution < 1.29 is 5.11 Å². The fourth-order valence-electron chi connectivity index (χ4n) is 2.36. The molecule has 1 aliphatic carbocycles. The Morgan fingerprint density at radius 1 is 1.38 bits per heavy atom. The lowest BCUT2D eigenvalue weighted by molar-refractivity contribution is 0.00751. The summed E-state index contributed by atoms with van der Waals surface area (Å²) in [4.78, 5) is 0. The Morgan fingerprint density at radius 2 is 2.06 bits per heavy atom. The summed E-state index contributed by atoms with van der Waals surface area (Å²) in [6.45, 7) is 4.00. The fourth-order valence-corrected chi connectivity index (χ4v) is 2.36. The van der Waals surface area contributed by atoms with E-state index in [1.54, 1.807) is 0 Å².